The molecule has 4 heterocycles. The molecule has 7 heteroatoms. The fourth-order valence-corrected chi connectivity index (χ4v) is 4.92. The molecule has 7 nitrogen and oxygen atoms in total. The Balaban J connectivity index is 1.42. The molecule has 0 spiro atoms. The van der Waals surface area contributed by atoms with E-state index in [2.05, 4.69) is 74.3 Å². The Morgan fingerprint density at radius 3 is 2.61 bits per heavy atom. The van der Waals surface area contributed by atoms with Gasteiger partial charge in [0.05, 0.1) is 0 Å². The SMILES string of the molecule is CC1Cc2ccc(C3=CCNCC3)cc2CN1c1cc(N2CCN(C)CC2)nc(N)n1. The molecule has 5 rings (SSSR count). The highest BCUT2D eigenvalue weighted by atomic mass is 15.3. The third-order valence-corrected chi connectivity index (χ3v) is 6.87. The molecular formula is C24H33N7. The second-order valence-electron chi connectivity index (χ2n) is 9.08. The summed E-state index contributed by atoms with van der Waals surface area (Å²) in [6.45, 7) is 9.18. The molecule has 1 aromatic heterocycles. The predicted molar refractivity (Wildman–Crippen MR) is 127 cm³/mol. The van der Waals surface area contributed by atoms with Crippen LogP contribution in [-0.4, -0.2) is 67.2 Å². The molecule has 1 atom stereocenters. The van der Waals surface area contributed by atoms with Crippen LogP contribution in [0, 0.1) is 0 Å². The third-order valence-electron chi connectivity index (χ3n) is 6.87. The van der Waals surface area contributed by atoms with Gasteiger partial charge in [-0.2, -0.15) is 9.97 Å². The maximum absolute atomic E-state index is 6.16. The van der Waals surface area contributed by atoms with Crippen LogP contribution < -0.4 is 20.9 Å². The average Bonchev–Trinajstić information content (AvgIpc) is 2.79. The molecule has 0 saturated carbocycles. The van der Waals surface area contributed by atoms with E-state index >= 15 is 0 Å². The van der Waals surface area contributed by atoms with Gasteiger partial charge < -0.3 is 25.8 Å². The van der Waals surface area contributed by atoms with Gasteiger partial charge in [-0.25, -0.2) is 0 Å². The van der Waals surface area contributed by atoms with Crippen LogP contribution >= 0.6 is 0 Å². The number of likely N-dealkylation sites (N-methyl/N-ethyl adjacent to an activating group) is 1. The number of piperazine rings is 1. The van der Waals surface area contributed by atoms with Crippen LogP contribution in [0.1, 0.15) is 30.0 Å². The van der Waals surface area contributed by atoms with E-state index in [-0.39, 0.29) is 0 Å². The molecule has 164 valence electrons. The van der Waals surface area contributed by atoms with Crippen molar-refractivity contribution in [1.29, 1.82) is 0 Å². The highest BCUT2D eigenvalue weighted by molar-refractivity contribution is 5.68. The highest BCUT2D eigenvalue weighted by Gasteiger charge is 2.26. The average molecular weight is 420 g/mol. The first kappa shape index (κ1) is 20.3. The zero-order valence-electron chi connectivity index (χ0n) is 18.6. The molecule has 0 aliphatic carbocycles. The van der Waals surface area contributed by atoms with Gasteiger partial charge in [-0.05, 0) is 61.7 Å². The lowest BCUT2D eigenvalue weighted by Crippen LogP contribution is -2.45. The number of nitrogen functional groups attached to an aromatic ring is 1. The van der Waals surface area contributed by atoms with Crippen molar-refractivity contribution in [3.05, 3.63) is 47.0 Å². The van der Waals surface area contributed by atoms with Crippen LogP contribution in [0.3, 0.4) is 0 Å². The Kier molecular flexibility index (Phi) is 5.54. The number of hydrogen-bond acceptors (Lipinski definition) is 7. The number of anilines is 3. The molecule has 1 saturated heterocycles. The zero-order chi connectivity index (χ0) is 21.4. The van der Waals surface area contributed by atoms with Crippen LogP contribution in [0.2, 0.25) is 0 Å². The fraction of sp³-hybridized carbons (Fsp3) is 0.500. The second kappa shape index (κ2) is 8.48. The smallest absolute Gasteiger partial charge is 0.223 e. The van der Waals surface area contributed by atoms with E-state index < -0.39 is 0 Å². The molecule has 1 unspecified atom stereocenters. The summed E-state index contributed by atoms with van der Waals surface area (Å²) in [7, 11) is 2.16. The monoisotopic (exact) mass is 419 g/mol. The van der Waals surface area contributed by atoms with E-state index in [1.165, 1.54) is 22.3 Å². The van der Waals surface area contributed by atoms with E-state index in [0.717, 1.165) is 70.3 Å². The minimum absolute atomic E-state index is 0.359. The Morgan fingerprint density at radius 2 is 1.84 bits per heavy atom. The Hall–Kier alpha value is -2.64. The van der Waals surface area contributed by atoms with Gasteiger partial charge in [-0.3, -0.25) is 0 Å². The predicted octanol–water partition coefficient (Wildman–Crippen LogP) is 2.14. The number of nitrogens with two attached hydrogens (primary N) is 1. The van der Waals surface area contributed by atoms with Crippen molar-refractivity contribution in [2.75, 3.05) is 61.8 Å². The minimum atomic E-state index is 0.359. The summed E-state index contributed by atoms with van der Waals surface area (Å²) in [5.74, 6) is 2.24. The number of hydrogen-bond donors (Lipinski definition) is 2. The molecule has 1 fully saturated rings. The number of aromatic nitrogens is 2. The summed E-state index contributed by atoms with van der Waals surface area (Å²) in [6.07, 6.45) is 4.43. The second-order valence-corrected chi connectivity index (χ2v) is 9.08. The number of nitrogens with zero attached hydrogens (tertiary/aromatic N) is 5. The first-order valence-corrected chi connectivity index (χ1v) is 11.4. The van der Waals surface area contributed by atoms with Crippen LogP contribution in [0.5, 0.6) is 0 Å². The van der Waals surface area contributed by atoms with Crippen LogP contribution in [0.15, 0.2) is 30.3 Å². The van der Waals surface area contributed by atoms with Gasteiger partial charge in [0.25, 0.3) is 0 Å². The third kappa shape index (κ3) is 4.25. The van der Waals surface area contributed by atoms with Gasteiger partial charge in [0.1, 0.15) is 11.6 Å². The van der Waals surface area contributed by atoms with E-state index in [4.69, 9.17) is 5.73 Å². The van der Waals surface area contributed by atoms with Crippen molar-refractivity contribution < 1.29 is 0 Å². The van der Waals surface area contributed by atoms with Crippen molar-refractivity contribution in [3.8, 4) is 0 Å². The summed E-state index contributed by atoms with van der Waals surface area (Å²) in [6, 6.07) is 9.50. The molecule has 0 bridgehead atoms. The van der Waals surface area contributed by atoms with Crippen LogP contribution in [-0.2, 0) is 13.0 Å². The molecule has 3 aliphatic heterocycles. The normalized spacial score (nSPS) is 22.3. The largest absolute Gasteiger partial charge is 0.368 e. The van der Waals surface area contributed by atoms with Gasteiger partial charge in [0, 0.05) is 51.4 Å². The number of rotatable bonds is 3. The Morgan fingerprint density at radius 1 is 1.03 bits per heavy atom. The lowest BCUT2D eigenvalue weighted by molar-refractivity contribution is 0.312. The highest BCUT2D eigenvalue weighted by Crippen LogP contribution is 2.32. The van der Waals surface area contributed by atoms with E-state index in [9.17, 15) is 0 Å². The number of nitrogens with one attached hydrogen (secondary N) is 1. The van der Waals surface area contributed by atoms with E-state index in [0.29, 0.717) is 12.0 Å². The first-order valence-electron chi connectivity index (χ1n) is 11.4. The maximum Gasteiger partial charge on any atom is 0.223 e. The first-order chi connectivity index (χ1) is 15.1. The standard InChI is InChI=1S/C24H33N7/c1-17-13-19-3-4-20(18-5-7-26-8-6-18)14-21(19)16-31(17)23-15-22(27-24(25)28-23)30-11-9-29(2)10-12-30/h3-5,14-15,17,26H,6-13,16H2,1-2H3,(H2,25,27,28). The van der Waals surface area contributed by atoms with Crippen LogP contribution in [0.4, 0.5) is 17.6 Å². The van der Waals surface area contributed by atoms with Crippen LogP contribution in [0.25, 0.3) is 5.57 Å². The van der Waals surface area contributed by atoms with Crippen molar-refractivity contribution in [3.63, 3.8) is 0 Å². The minimum Gasteiger partial charge on any atom is -0.368 e. The van der Waals surface area contributed by atoms with E-state index in [1.54, 1.807) is 0 Å². The maximum atomic E-state index is 6.16. The van der Waals surface area contributed by atoms with Crippen molar-refractivity contribution >= 4 is 23.2 Å². The van der Waals surface area contributed by atoms with Gasteiger partial charge >= 0.3 is 0 Å². The molecular weight excluding hydrogens is 386 g/mol. The van der Waals surface area contributed by atoms with Gasteiger partial charge in [0.2, 0.25) is 5.95 Å². The molecule has 31 heavy (non-hydrogen) atoms. The number of fused-ring (bicyclic) bond motifs is 1. The van der Waals surface area contributed by atoms with Crippen molar-refractivity contribution in [2.24, 2.45) is 0 Å². The van der Waals surface area contributed by atoms with Crippen molar-refractivity contribution in [2.45, 2.75) is 32.4 Å². The molecule has 2 aromatic rings. The molecule has 0 amide bonds. The quantitative estimate of drug-likeness (QED) is 0.790. The van der Waals surface area contributed by atoms with Gasteiger partial charge in [-0.15, -0.1) is 0 Å². The summed E-state index contributed by atoms with van der Waals surface area (Å²) in [5.41, 5.74) is 11.8. The van der Waals surface area contributed by atoms with Gasteiger partial charge in [0.15, 0.2) is 0 Å². The summed E-state index contributed by atoms with van der Waals surface area (Å²) in [4.78, 5) is 16.3. The summed E-state index contributed by atoms with van der Waals surface area (Å²) < 4.78 is 0. The Labute approximate surface area is 184 Å². The molecule has 0 radical (unpaired) electrons. The zero-order valence-corrected chi connectivity index (χ0v) is 18.6. The summed E-state index contributed by atoms with van der Waals surface area (Å²) in [5, 5.41) is 3.40. The number of benzene rings is 1. The lowest BCUT2D eigenvalue weighted by atomic mass is 9.90. The summed E-state index contributed by atoms with van der Waals surface area (Å²) >= 11 is 0. The van der Waals surface area contributed by atoms with Gasteiger partial charge in [-0.1, -0.05) is 18.2 Å². The fourth-order valence-electron chi connectivity index (χ4n) is 4.92. The lowest BCUT2D eigenvalue weighted by Gasteiger charge is -2.37. The van der Waals surface area contributed by atoms with E-state index in [1.807, 2.05) is 0 Å². The van der Waals surface area contributed by atoms with Crippen molar-refractivity contribution in [1.82, 2.24) is 20.2 Å². The topological polar surface area (TPSA) is 73.5 Å². The molecule has 3 aliphatic rings. The molecule has 1 aromatic carbocycles. The molecule has 3 N–H and O–H groups in total. The Bertz CT molecular complexity index is 978.